The lowest BCUT2D eigenvalue weighted by Gasteiger charge is -2.38. The molecule has 0 amide bonds. The zero-order valence-corrected chi connectivity index (χ0v) is 15.2. The second kappa shape index (κ2) is 6.89. The number of piperidine rings is 1. The van der Waals surface area contributed by atoms with Gasteiger partial charge < -0.3 is 9.80 Å². The fraction of sp³-hybridized carbons (Fsp3) is 0.550. The van der Waals surface area contributed by atoms with Crippen LogP contribution in [-0.4, -0.2) is 42.1 Å². The van der Waals surface area contributed by atoms with Crippen molar-refractivity contribution < 1.29 is 0 Å². The van der Waals surface area contributed by atoms with Crippen molar-refractivity contribution in [2.75, 3.05) is 31.1 Å². The summed E-state index contributed by atoms with van der Waals surface area (Å²) in [7, 11) is 0. The van der Waals surface area contributed by atoms with E-state index in [9.17, 15) is 0 Å². The van der Waals surface area contributed by atoms with Crippen molar-refractivity contribution in [2.45, 2.75) is 38.6 Å². The van der Waals surface area contributed by atoms with Gasteiger partial charge in [-0.1, -0.05) is 23.7 Å². The molecule has 3 heterocycles. The number of fused-ring (bicyclic) bond motifs is 1. The molecular weight excluding hydrogens is 318 g/mol. The zero-order chi connectivity index (χ0) is 16.5. The van der Waals surface area contributed by atoms with Crippen molar-refractivity contribution in [1.82, 2.24) is 9.88 Å². The molecule has 2 aliphatic heterocycles. The Kier molecular flexibility index (Phi) is 4.64. The Morgan fingerprint density at radius 3 is 2.54 bits per heavy atom. The minimum absolute atomic E-state index is 0.730. The Hall–Kier alpha value is -1.32. The van der Waals surface area contributed by atoms with Gasteiger partial charge in [0.25, 0.3) is 0 Å². The van der Waals surface area contributed by atoms with Crippen LogP contribution in [-0.2, 0) is 0 Å². The molecule has 128 valence electrons. The lowest BCUT2D eigenvalue weighted by molar-refractivity contribution is 0.167. The number of pyridine rings is 1. The summed E-state index contributed by atoms with van der Waals surface area (Å²) < 4.78 is 0. The number of anilines is 1. The van der Waals surface area contributed by atoms with Crippen molar-refractivity contribution in [2.24, 2.45) is 5.92 Å². The van der Waals surface area contributed by atoms with Crippen LogP contribution >= 0.6 is 11.6 Å². The lowest BCUT2D eigenvalue weighted by atomic mass is 9.89. The van der Waals surface area contributed by atoms with Crippen molar-refractivity contribution in [3.05, 3.63) is 35.4 Å². The van der Waals surface area contributed by atoms with Crippen molar-refractivity contribution in [1.29, 1.82) is 0 Å². The maximum Gasteiger partial charge on any atom is 0.129 e. The number of hydrogen-bond donors (Lipinski definition) is 0. The van der Waals surface area contributed by atoms with Crippen LogP contribution in [0.4, 0.5) is 5.82 Å². The Labute approximate surface area is 149 Å². The Balaban J connectivity index is 1.44. The van der Waals surface area contributed by atoms with Crippen LogP contribution in [0, 0.1) is 5.92 Å². The highest BCUT2D eigenvalue weighted by Crippen LogP contribution is 2.30. The van der Waals surface area contributed by atoms with Crippen molar-refractivity contribution in [3.63, 3.8) is 0 Å². The van der Waals surface area contributed by atoms with E-state index in [-0.39, 0.29) is 0 Å². The number of nitrogens with zero attached hydrogens (tertiary/aromatic N) is 3. The summed E-state index contributed by atoms with van der Waals surface area (Å²) in [6, 6.07) is 11.0. The summed E-state index contributed by atoms with van der Waals surface area (Å²) in [6.07, 6.45) is 5.29. The topological polar surface area (TPSA) is 19.4 Å². The van der Waals surface area contributed by atoms with E-state index in [1.165, 1.54) is 38.8 Å². The number of para-hydroxylation sites is 1. The monoisotopic (exact) mass is 343 g/mol. The van der Waals surface area contributed by atoms with E-state index in [1.54, 1.807) is 0 Å². The van der Waals surface area contributed by atoms with Gasteiger partial charge in [-0.05, 0) is 69.8 Å². The maximum absolute atomic E-state index is 6.32. The van der Waals surface area contributed by atoms with Crippen LogP contribution in [0.25, 0.3) is 10.9 Å². The van der Waals surface area contributed by atoms with E-state index >= 15 is 0 Å². The molecule has 1 unspecified atom stereocenters. The number of halogens is 1. The second-order valence-electron chi connectivity index (χ2n) is 7.29. The SMILES string of the molecule is CC(C1CCN(c2ccc3cccc(Cl)c3n2)CC1)N1CCCC1. The third kappa shape index (κ3) is 3.12. The van der Waals surface area contributed by atoms with Gasteiger partial charge in [0.2, 0.25) is 0 Å². The van der Waals surface area contributed by atoms with Crippen LogP contribution < -0.4 is 4.90 Å². The van der Waals surface area contributed by atoms with Gasteiger partial charge in [0, 0.05) is 24.5 Å². The molecule has 0 saturated carbocycles. The third-order valence-electron chi connectivity index (χ3n) is 5.92. The highest BCUT2D eigenvalue weighted by Gasteiger charge is 2.29. The third-order valence-corrected chi connectivity index (χ3v) is 6.22. The normalized spacial score (nSPS) is 21.5. The predicted molar refractivity (Wildman–Crippen MR) is 102 cm³/mol. The van der Waals surface area contributed by atoms with Crippen molar-refractivity contribution >= 4 is 28.3 Å². The molecular formula is C20H26ClN3. The number of benzene rings is 1. The highest BCUT2D eigenvalue weighted by atomic mass is 35.5. The standard InChI is InChI=1S/C20H26ClN3/c1-15(23-11-2-3-12-23)16-9-13-24(14-10-16)19-8-7-17-5-4-6-18(21)20(17)22-19/h4-8,15-16H,2-3,9-14H2,1H3. The molecule has 1 aromatic heterocycles. The first kappa shape index (κ1) is 16.2. The predicted octanol–water partition coefficient (Wildman–Crippen LogP) is 4.59. The van der Waals surface area contributed by atoms with Crippen molar-refractivity contribution in [3.8, 4) is 0 Å². The second-order valence-corrected chi connectivity index (χ2v) is 7.70. The summed E-state index contributed by atoms with van der Waals surface area (Å²) in [5.41, 5.74) is 0.921. The van der Waals surface area contributed by atoms with Crippen LogP contribution in [0.2, 0.25) is 5.02 Å². The first-order chi connectivity index (χ1) is 11.7. The fourth-order valence-corrected chi connectivity index (χ4v) is 4.56. The number of rotatable bonds is 3. The Morgan fingerprint density at radius 1 is 1.04 bits per heavy atom. The molecule has 0 spiro atoms. The van der Waals surface area contributed by atoms with E-state index in [2.05, 4.69) is 34.9 Å². The van der Waals surface area contributed by atoms with Gasteiger partial charge in [0.15, 0.2) is 0 Å². The van der Waals surface area contributed by atoms with E-state index in [4.69, 9.17) is 16.6 Å². The first-order valence-electron chi connectivity index (χ1n) is 9.26. The molecule has 0 N–H and O–H groups in total. The first-order valence-corrected chi connectivity index (χ1v) is 9.64. The van der Waals surface area contributed by atoms with Crippen LogP contribution in [0.1, 0.15) is 32.6 Å². The Morgan fingerprint density at radius 2 is 1.79 bits per heavy atom. The van der Waals surface area contributed by atoms with Gasteiger partial charge in [0.1, 0.15) is 5.82 Å². The molecule has 2 saturated heterocycles. The number of hydrogen-bond acceptors (Lipinski definition) is 3. The largest absolute Gasteiger partial charge is 0.357 e. The van der Waals surface area contributed by atoms with Gasteiger partial charge in [-0.15, -0.1) is 0 Å². The molecule has 0 bridgehead atoms. The highest BCUT2D eigenvalue weighted by molar-refractivity contribution is 6.35. The minimum atomic E-state index is 0.730. The molecule has 4 heteroatoms. The van der Waals surface area contributed by atoms with E-state index in [0.29, 0.717) is 0 Å². The van der Waals surface area contributed by atoms with Crippen LogP contribution in [0.3, 0.4) is 0 Å². The van der Waals surface area contributed by atoms with E-state index in [1.807, 2.05) is 12.1 Å². The van der Waals surface area contributed by atoms with Gasteiger partial charge in [-0.2, -0.15) is 0 Å². The zero-order valence-electron chi connectivity index (χ0n) is 14.4. The quantitative estimate of drug-likeness (QED) is 0.812. The molecule has 1 atom stereocenters. The van der Waals surface area contributed by atoms with Gasteiger partial charge >= 0.3 is 0 Å². The summed E-state index contributed by atoms with van der Waals surface area (Å²) in [6.45, 7) is 7.23. The molecule has 24 heavy (non-hydrogen) atoms. The average molecular weight is 344 g/mol. The molecule has 2 aliphatic rings. The summed E-state index contributed by atoms with van der Waals surface area (Å²) in [5, 5.41) is 1.86. The summed E-state index contributed by atoms with van der Waals surface area (Å²) >= 11 is 6.32. The molecule has 0 radical (unpaired) electrons. The summed E-state index contributed by atoms with van der Waals surface area (Å²) in [4.78, 5) is 9.94. The smallest absolute Gasteiger partial charge is 0.129 e. The van der Waals surface area contributed by atoms with E-state index < -0.39 is 0 Å². The molecule has 2 fully saturated rings. The molecule has 2 aromatic rings. The number of aromatic nitrogens is 1. The van der Waals surface area contributed by atoms with E-state index in [0.717, 1.165) is 46.8 Å². The van der Waals surface area contributed by atoms with Crippen LogP contribution in [0.5, 0.6) is 0 Å². The molecule has 4 rings (SSSR count). The lowest BCUT2D eigenvalue weighted by Crippen LogP contribution is -2.43. The average Bonchev–Trinajstić information content (AvgIpc) is 3.16. The molecule has 1 aromatic carbocycles. The maximum atomic E-state index is 6.32. The van der Waals surface area contributed by atoms with Gasteiger partial charge in [0.05, 0.1) is 10.5 Å². The summed E-state index contributed by atoms with van der Waals surface area (Å²) in [5.74, 6) is 1.89. The Bertz CT molecular complexity index is 703. The molecule has 0 aliphatic carbocycles. The van der Waals surface area contributed by atoms with Gasteiger partial charge in [-0.25, -0.2) is 4.98 Å². The fourth-order valence-electron chi connectivity index (χ4n) is 4.33. The molecule has 3 nitrogen and oxygen atoms in total. The van der Waals surface area contributed by atoms with Gasteiger partial charge in [-0.3, -0.25) is 0 Å². The number of likely N-dealkylation sites (tertiary alicyclic amines) is 1. The minimum Gasteiger partial charge on any atom is -0.357 e. The van der Waals surface area contributed by atoms with Crippen LogP contribution in [0.15, 0.2) is 30.3 Å².